The molecule has 18 heavy (non-hydrogen) atoms. The molecular weight excluding hydrogens is 314 g/mol. The van der Waals surface area contributed by atoms with Gasteiger partial charge in [0.25, 0.3) is 5.91 Å². The highest BCUT2D eigenvalue weighted by Crippen LogP contribution is 2.16. The van der Waals surface area contributed by atoms with Gasteiger partial charge in [0.2, 0.25) is 0 Å². The summed E-state index contributed by atoms with van der Waals surface area (Å²) in [6.07, 6.45) is 3.08. The van der Waals surface area contributed by atoms with Gasteiger partial charge in [-0.15, -0.1) is 11.6 Å². The summed E-state index contributed by atoms with van der Waals surface area (Å²) in [6, 6.07) is 5.78. The van der Waals surface area contributed by atoms with Crippen LogP contribution in [0.4, 0.5) is 0 Å². The maximum absolute atomic E-state index is 12.2. The molecule has 0 aliphatic heterocycles. The van der Waals surface area contributed by atoms with Gasteiger partial charge in [-0.2, -0.15) is 0 Å². The molecule has 0 bridgehead atoms. The number of hydrogen-bond acceptors (Lipinski definition) is 1. The molecule has 0 heterocycles. The number of alkyl halides is 1. The third-order valence-corrected chi connectivity index (χ3v) is 3.49. The highest BCUT2D eigenvalue weighted by Gasteiger charge is 2.12. The smallest absolute Gasteiger partial charge is 0.253 e. The number of amides is 1. The standard InChI is InChI=1S/C14H19BrClNO/c1-11-8-12(10-13(15)9-11)14(18)17(2)7-5-3-4-6-16/h8-10H,3-7H2,1-2H3. The van der Waals surface area contributed by atoms with Gasteiger partial charge in [0.15, 0.2) is 0 Å². The Morgan fingerprint density at radius 3 is 2.61 bits per heavy atom. The van der Waals surface area contributed by atoms with Crippen molar-refractivity contribution in [2.75, 3.05) is 19.5 Å². The fourth-order valence-corrected chi connectivity index (χ4v) is 2.60. The molecule has 1 rings (SSSR count). The molecular formula is C14H19BrClNO. The Morgan fingerprint density at radius 2 is 2.00 bits per heavy atom. The van der Waals surface area contributed by atoms with Crippen LogP contribution in [0, 0.1) is 6.92 Å². The average molecular weight is 333 g/mol. The second kappa shape index (κ2) is 7.80. The van der Waals surface area contributed by atoms with E-state index >= 15 is 0 Å². The molecule has 0 saturated carbocycles. The zero-order chi connectivity index (χ0) is 13.5. The summed E-state index contributed by atoms with van der Waals surface area (Å²) >= 11 is 9.04. The summed E-state index contributed by atoms with van der Waals surface area (Å²) in [5.74, 6) is 0.771. The van der Waals surface area contributed by atoms with Crippen molar-refractivity contribution in [2.45, 2.75) is 26.2 Å². The molecule has 0 atom stereocenters. The lowest BCUT2D eigenvalue weighted by Gasteiger charge is -2.17. The van der Waals surface area contributed by atoms with E-state index in [2.05, 4.69) is 15.9 Å². The number of rotatable bonds is 6. The van der Waals surface area contributed by atoms with E-state index in [0.29, 0.717) is 5.88 Å². The molecule has 1 aromatic rings. The van der Waals surface area contributed by atoms with E-state index in [1.165, 1.54) is 0 Å². The molecule has 0 unspecified atom stereocenters. The third kappa shape index (κ3) is 4.99. The fraction of sp³-hybridized carbons (Fsp3) is 0.500. The molecule has 0 fully saturated rings. The maximum atomic E-state index is 12.2. The van der Waals surface area contributed by atoms with Crippen LogP contribution in [-0.2, 0) is 0 Å². The Balaban J connectivity index is 2.57. The lowest BCUT2D eigenvalue weighted by atomic mass is 10.1. The van der Waals surface area contributed by atoms with Crippen molar-refractivity contribution in [1.82, 2.24) is 4.90 Å². The highest BCUT2D eigenvalue weighted by atomic mass is 79.9. The van der Waals surface area contributed by atoms with Crippen molar-refractivity contribution in [3.63, 3.8) is 0 Å². The second-order valence-corrected chi connectivity index (χ2v) is 5.79. The Labute approximate surface area is 122 Å². The molecule has 0 N–H and O–H groups in total. The van der Waals surface area contributed by atoms with Crippen molar-refractivity contribution in [3.8, 4) is 0 Å². The minimum absolute atomic E-state index is 0.0743. The molecule has 0 spiro atoms. The molecule has 100 valence electrons. The van der Waals surface area contributed by atoms with Gasteiger partial charge in [0, 0.05) is 29.5 Å². The van der Waals surface area contributed by atoms with Gasteiger partial charge in [-0.05, 0) is 43.5 Å². The summed E-state index contributed by atoms with van der Waals surface area (Å²) in [7, 11) is 1.85. The van der Waals surface area contributed by atoms with Crippen LogP contribution in [0.2, 0.25) is 0 Å². The second-order valence-electron chi connectivity index (χ2n) is 4.49. The topological polar surface area (TPSA) is 20.3 Å². The van der Waals surface area contributed by atoms with Crippen LogP contribution in [0.1, 0.15) is 35.2 Å². The van der Waals surface area contributed by atoms with Crippen LogP contribution < -0.4 is 0 Å². The summed E-state index contributed by atoms with van der Waals surface area (Å²) in [5.41, 5.74) is 1.82. The van der Waals surface area contributed by atoms with E-state index in [-0.39, 0.29) is 5.91 Å². The van der Waals surface area contributed by atoms with Crippen molar-refractivity contribution in [1.29, 1.82) is 0 Å². The molecule has 4 heteroatoms. The molecule has 0 radical (unpaired) electrons. The number of benzene rings is 1. The van der Waals surface area contributed by atoms with E-state index in [1.807, 2.05) is 32.2 Å². The third-order valence-electron chi connectivity index (χ3n) is 2.76. The number of unbranched alkanes of at least 4 members (excludes halogenated alkanes) is 2. The highest BCUT2D eigenvalue weighted by molar-refractivity contribution is 9.10. The average Bonchev–Trinajstić information content (AvgIpc) is 2.32. The van der Waals surface area contributed by atoms with Crippen molar-refractivity contribution < 1.29 is 4.79 Å². The molecule has 0 aliphatic rings. The van der Waals surface area contributed by atoms with Gasteiger partial charge >= 0.3 is 0 Å². The molecule has 0 aromatic heterocycles. The summed E-state index contributed by atoms with van der Waals surface area (Å²) in [4.78, 5) is 14.0. The zero-order valence-corrected chi connectivity index (χ0v) is 13.2. The Kier molecular flexibility index (Phi) is 6.72. The van der Waals surface area contributed by atoms with E-state index in [4.69, 9.17) is 11.6 Å². The predicted octanol–water partition coefficient (Wildman–Crippen LogP) is 4.24. The van der Waals surface area contributed by atoms with Gasteiger partial charge in [-0.25, -0.2) is 0 Å². The molecule has 1 aromatic carbocycles. The first kappa shape index (κ1) is 15.5. The minimum Gasteiger partial charge on any atom is -0.342 e. The van der Waals surface area contributed by atoms with Crippen LogP contribution in [0.25, 0.3) is 0 Å². The number of nitrogens with zero attached hydrogens (tertiary/aromatic N) is 1. The van der Waals surface area contributed by atoms with E-state index in [0.717, 1.165) is 41.4 Å². The summed E-state index contributed by atoms with van der Waals surface area (Å²) in [6.45, 7) is 2.77. The van der Waals surface area contributed by atoms with Gasteiger partial charge < -0.3 is 4.90 Å². The first-order chi connectivity index (χ1) is 8.54. The first-order valence-corrected chi connectivity index (χ1v) is 7.46. The monoisotopic (exact) mass is 331 g/mol. The maximum Gasteiger partial charge on any atom is 0.253 e. The summed E-state index contributed by atoms with van der Waals surface area (Å²) < 4.78 is 0.946. The van der Waals surface area contributed by atoms with E-state index in [1.54, 1.807) is 4.90 Å². The van der Waals surface area contributed by atoms with Crippen molar-refractivity contribution in [2.24, 2.45) is 0 Å². The van der Waals surface area contributed by atoms with Crippen molar-refractivity contribution >= 4 is 33.4 Å². The number of carbonyl (C=O) groups is 1. The lowest BCUT2D eigenvalue weighted by molar-refractivity contribution is 0.0792. The van der Waals surface area contributed by atoms with Crippen LogP contribution in [0.5, 0.6) is 0 Å². The first-order valence-electron chi connectivity index (χ1n) is 6.13. The quantitative estimate of drug-likeness (QED) is 0.563. The van der Waals surface area contributed by atoms with Crippen LogP contribution >= 0.6 is 27.5 Å². The molecule has 1 amide bonds. The van der Waals surface area contributed by atoms with Gasteiger partial charge in [-0.1, -0.05) is 22.4 Å². The van der Waals surface area contributed by atoms with Gasteiger partial charge in [0.05, 0.1) is 0 Å². The largest absolute Gasteiger partial charge is 0.342 e. The van der Waals surface area contributed by atoms with Crippen LogP contribution in [0.3, 0.4) is 0 Å². The van der Waals surface area contributed by atoms with E-state index in [9.17, 15) is 4.79 Å². The number of halogens is 2. The Morgan fingerprint density at radius 1 is 1.28 bits per heavy atom. The van der Waals surface area contributed by atoms with Crippen LogP contribution in [-0.4, -0.2) is 30.3 Å². The lowest BCUT2D eigenvalue weighted by Crippen LogP contribution is -2.27. The van der Waals surface area contributed by atoms with E-state index < -0.39 is 0 Å². The Bertz CT molecular complexity index is 389. The number of hydrogen-bond donors (Lipinski definition) is 0. The SMILES string of the molecule is Cc1cc(Br)cc(C(=O)N(C)CCCCCCl)c1. The minimum atomic E-state index is 0.0743. The molecule has 2 nitrogen and oxygen atoms in total. The molecule has 0 aliphatic carbocycles. The normalized spacial score (nSPS) is 10.4. The zero-order valence-electron chi connectivity index (χ0n) is 10.9. The van der Waals surface area contributed by atoms with Gasteiger partial charge in [-0.3, -0.25) is 4.79 Å². The number of carbonyl (C=O) groups excluding carboxylic acids is 1. The summed E-state index contributed by atoms with van der Waals surface area (Å²) in [5, 5.41) is 0. The number of aryl methyl sites for hydroxylation is 1. The van der Waals surface area contributed by atoms with Crippen LogP contribution in [0.15, 0.2) is 22.7 Å². The van der Waals surface area contributed by atoms with Crippen molar-refractivity contribution in [3.05, 3.63) is 33.8 Å². The van der Waals surface area contributed by atoms with Gasteiger partial charge in [0.1, 0.15) is 0 Å². The Hall–Kier alpha value is -0.540. The predicted molar refractivity (Wildman–Crippen MR) is 80.4 cm³/mol. The molecule has 0 saturated heterocycles. The fourth-order valence-electron chi connectivity index (χ4n) is 1.80.